The minimum atomic E-state index is -1.08. The van der Waals surface area contributed by atoms with Gasteiger partial charge in [-0.05, 0) is 6.26 Å². The second kappa shape index (κ2) is 4.46. The zero-order valence-corrected chi connectivity index (χ0v) is 6.02. The van der Waals surface area contributed by atoms with Crippen molar-refractivity contribution in [2.75, 3.05) is 18.6 Å². The predicted octanol–water partition coefficient (Wildman–Crippen LogP) is 0.203. The number of thioether (sulfide) groups is 1. The third-order valence-corrected chi connectivity index (χ3v) is 1.37. The first-order valence-electron chi connectivity index (χ1n) is 2.42. The Morgan fingerprint density at radius 3 is 2.78 bits per heavy atom. The Hall–Kier alpha value is -0.420. The van der Waals surface area contributed by atoms with E-state index in [2.05, 4.69) is 0 Å². The monoisotopic (exact) mass is 150 g/mol. The molecule has 0 aromatic carbocycles. The van der Waals surface area contributed by atoms with Crippen molar-refractivity contribution in [1.82, 2.24) is 5.01 Å². The van der Waals surface area contributed by atoms with Crippen LogP contribution in [0.5, 0.6) is 0 Å². The van der Waals surface area contributed by atoms with Gasteiger partial charge in [-0.25, -0.2) is 15.6 Å². The highest BCUT2D eigenvalue weighted by Crippen LogP contribution is 1.90. The summed E-state index contributed by atoms with van der Waals surface area (Å²) in [4.78, 5) is 10.00. The van der Waals surface area contributed by atoms with Crippen molar-refractivity contribution < 1.29 is 9.90 Å². The van der Waals surface area contributed by atoms with Gasteiger partial charge in [0.15, 0.2) is 0 Å². The van der Waals surface area contributed by atoms with Gasteiger partial charge in [-0.3, -0.25) is 0 Å². The van der Waals surface area contributed by atoms with Gasteiger partial charge < -0.3 is 5.11 Å². The number of hydrogen-bond donors (Lipinski definition) is 2. The first-order valence-corrected chi connectivity index (χ1v) is 3.82. The molecule has 4 nitrogen and oxygen atoms in total. The maximum atomic E-state index is 10.00. The molecule has 1 amide bonds. The first kappa shape index (κ1) is 8.58. The van der Waals surface area contributed by atoms with Gasteiger partial charge in [0.1, 0.15) is 0 Å². The van der Waals surface area contributed by atoms with Crippen LogP contribution in [0.3, 0.4) is 0 Å². The van der Waals surface area contributed by atoms with Gasteiger partial charge in [-0.2, -0.15) is 11.8 Å². The Bertz CT molecular complexity index is 98.6. The van der Waals surface area contributed by atoms with Crippen molar-refractivity contribution in [2.24, 2.45) is 5.84 Å². The first-order chi connectivity index (χ1) is 4.18. The van der Waals surface area contributed by atoms with E-state index in [0.29, 0.717) is 6.54 Å². The molecule has 54 valence electrons. The molecular weight excluding hydrogens is 140 g/mol. The van der Waals surface area contributed by atoms with Gasteiger partial charge in [-0.1, -0.05) is 0 Å². The van der Waals surface area contributed by atoms with Crippen LogP contribution in [0.1, 0.15) is 0 Å². The number of rotatable bonds is 3. The number of nitrogens with zero attached hydrogens (tertiary/aromatic N) is 1. The van der Waals surface area contributed by atoms with Crippen LogP contribution in [0.15, 0.2) is 0 Å². The Labute approximate surface area is 58.0 Å². The summed E-state index contributed by atoms with van der Waals surface area (Å²) < 4.78 is 0. The number of hydrazine groups is 1. The standard InChI is InChI=1S/C4H10N2O2S/c1-9-3-2-6(5)4(7)8/h2-3,5H2,1H3,(H,7,8). The van der Waals surface area contributed by atoms with Crippen molar-refractivity contribution in [3.63, 3.8) is 0 Å². The van der Waals surface area contributed by atoms with Crippen LogP contribution >= 0.6 is 11.8 Å². The topological polar surface area (TPSA) is 66.6 Å². The lowest BCUT2D eigenvalue weighted by Crippen LogP contribution is -2.37. The van der Waals surface area contributed by atoms with E-state index < -0.39 is 6.09 Å². The van der Waals surface area contributed by atoms with E-state index in [1.807, 2.05) is 6.26 Å². The highest BCUT2D eigenvalue weighted by atomic mass is 32.2. The van der Waals surface area contributed by atoms with Crippen LogP contribution in [0.25, 0.3) is 0 Å². The molecule has 0 unspecified atom stereocenters. The van der Waals surface area contributed by atoms with Gasteiger partial charge in [0, 0.05) is 12.3 Å². The molecule has 0 rings (SSSR count). The molecule has 3 N–H and O–H groups in total. The molecule has 9 heavy (non-hydrogen) atoms. The molecule has 0 fully saturated rings. The summed E-state index contributed by atoms with van der Waals surface area (Å²) in [7, 11) is 0. The smallest absolute Gasteiger partial charge is 0.421 e. The van der Waals surface area contributed by atoms with Gasteiger partial charge >= 0.3 is 6.09 Å². The lowest BCUT2D eigenvalue weighted by atomic mass is 10.7. The molecule has 0 aliphatic carbocycles. The summed E-state index contributed by atoms with van der Waals surface area (Å²) in [6, 6.07) is 0. The largest absolute Gasteiger partial charge is 0.464 e. The van der Waals surface area contributed by atoms with Gasteiger partial charge in [-0.15, -0.1) is 0 Å². The Balaban J connectivity index is 3.27. The van der Waals surface area contributed by atoms with Gasteiger partial charge in [0.25, 0.3) is 0 Å². The normalized spacial score (nSPS) is 9.11. The van der Waals surface area contributed by atoms with Crippen molar-refractivity contribution in [1.29, 1.82) is 0 Å². The highest BCUT2D eigenvalue weighted by molar-refractivity contribution is 7.98. The SMILES string of the molecule is CSCCN(N)C(=O)O. The van der Waals surface area contributed by atoms with Crippen molar-refractivity contribution in [3.05, 3.63) is 0 Å². The summed E-state index contributed by atoms with van der Waals surface area (Å²) in [5.41, 5.74) is 0. The summed E-state index contributed by atoms with van der Waals surface area (Å²) >= 11 is 1.56. The summed E-state index contributed by atoms with van der Waals surface area (Å²) in [5.74, 6) is 5.76. The van der Waals surface area contributed by atoms with Gasteiger partial charge in [0.2, 0.25) is 0 Å². The summed E-state index contributed by atoms with van der Waals surface area (Å²) in [6.07, 6.45) is 0.819. The molecule has 0 aromatic heterocycles. The molecule has 0 spiro atoms. The average Bonchev–Trinajstić information content (AvgIpc) is 1.82. The quantitative estimate of drug-likeness (QED) is 0.343. The predicted molar refractivity (Wildman–Crippen MR) is 37.3 cm³/mol. The molecule has 0 aliphatic rings. The molecule has 0 aromatic rings. The lowest BCUT2D eigenvalue weighted by molar-refractivity contribution is 0.149. The maximum absolute atomic E-state index is 10.00. The van der Waals surface area contributed by atoms with E-state index in [1.165, 1.54) is 0 Å². The summed E-state index contributed by atoms with van der Waals surface area (Å²) in [6.45, 7) is 0.385. The van der Waals surface area contributed by atoms with E-state index >= 15 is 0 Å². The average molecular weight is 150 g/mol. The van der Waals surface area contributed by atoms with E-state index in [0.717, 1.165) is 10.8 Å². The Morgan fingerprint density at radius 2 is 2.44 bits per heavy atom. The molecule has 0 radical (unpaired) electrons. The minimum Gasteiger partial charge on any atom is -0.464 e. The number of carboxylic acid groups (broad SMARTS) is 1. The molecule has 0 aliphatic heterocycles. The van der Waals surface area contributed by atoms with Crippen LogP contribution in [-0.4, -0.2) is 34.8 Å². The number of hydrogen-bond acceptors (Lipinski definition) is 3. The van der Waals surface area contributed by atoms with Crippen LogP contribution in [0, 0.1) is 0 Å². The van der Waals surface area contributed by atoms with Crippen molar-refractivity contribution in [3.8, 4) is 0 Å². The Kier molecular flexibility index (Phi) is 4.25. The molecule has 5 heteroatoms. The fourth-order valence-electron chi connectivity index (χ4n) is 0.285. The fourth-order valence-corrected chi connectivity index (χ4v) is 0.665. The van der Waals surface area contributed by atoms with E-state index in [9.17, 15) is 4.79 Å². The number of nitrogens with two attached hydrogens (primary N) is 1. The molecule has 0 atom stereocenters. The number of amides is 1. The molecule has 0 heterocycles. The van der Waals surface area contributed by atoms with Crippen LogP contribution in [-0.2, 0) is 0 Å². The van der Waals surface area contributed by atoms with E-state index in [1.54, 1.807) is 11.8 Å². The molecule has 0 saturated heterocycles. The molecular formula is C4H10N2O2S. The maximum Gasteiger partial charge on any atom is 0.421 e. The molecule has 0 saturated carbocycles. The van der Waals surface area contributed by atoms with Crippen LogP contribution < -0.4 is 5.84 Å². The third-order valence-electron chi connectivity index (χ3n) is 0.782. The van der Waals surface area contributed by atoms with Crippen LogP contribution in [0.2, 0.25) is 0 Å². The van der Waals surface area contributed by atoms with Gasteiger partial charge in [0.05, 0.1) is 0 Å². The second-order valence-corrected chi connectivity index (χ2v) is 2.45. The van der Waals surface area contributed by atoms with E-state index in [4.69, 9.17) is 10.9 Å². The fraction of sp³-hybridized carbons (Fsp3) is 0.750. The minimum absolute atomic E-state index is 0.385. The number of carbonyl (C=O) groups is 1. The summed E-state index contributed by atoms with van der Waals surface area (Å²) in [5, 5.41) is 8.97. The van der Waals surface area contributed by atoms with Crippen molar-refractivity contribution >= 4 is 17.9 Å². The Morgan fingerprint density at radius 1 is 1.89 bits per heavy atom. The lowest BCUT2D eigenvalue weighted by Gasteiger charge is -2.09. The molecule has 0 bridgehead atoms. The second-order valence-electron chi connectivity index (χ2n) is 1.47. The van der Waals surface area contributed by atoms with Crippen molar-refractivity contribution in [2.45, 2.75) is 0 Å². The third kappa shape index (κ3) is 4.11. The van der Waals surface area contributed by atoms with E-state index in [-0.39, 0.29) is 0 Å². The zero-order chi connectivity index (χ0) is 7.28. The van der Waals surface area contributed by atoms with Crippen LogP contribution in [0.4, 0.5) is 4.79 Å². The highest BCUT2D eigenvalue weighted by Gasteiger charge is 2.02. The zero-order valence-electron chi connectivity index (χ0n) is 5.20.